The van der Waals surface area contributed by atoms with E-state index in [1.165, 1.54) is 24.8 Å². The van der Waals surface area contributed by atoms with E-state index in [1.807, 2.05) is 12.1 Å². The molecule has 5 rings (SSSR count). The Morgan fingerprint density at radius 2 is 1.78 bits per heavy atom. The molecule has 2 unspecified atom stereocenters. The van der Waals surface area contributed by atoms with Crippen molar-refractivity contribution in [1.29, 1.82) is 0 Å². The van der Waals surface area contributed by atoms with Crippen LogP contribution < -0.4 is 14.8 Å². The largest absolute Gasteiger partial charge is 0.493 e. The molecule has 4 heteroatoms. The van der Waals surface area contributed by atoms with Gasteiger partial charge in [-0.05, 0) is 68.1 Å². The molecule has 4 fully saturated rings. The zero-order valence-electron chi connectivity index (χ0n) is 14.1. The predicted molar refractivity (Wildman–Crippen MR) is 88.7 cm³/mol. The van der Waals surface area contributed by atoms with E-state index in [4.69, 9.17) is 9.47 Å². The molecular weight excluding hydrogens is 290 g/mol. The van der Waals surface area contributed by atoms with Gasteiger partial charge in [0.05, 0.1) is 19.8 Å². The minimum atomic E-state index is -0.408. The van der Waals surface area contributed by atoms with Crippen molar-refractivity contribution >= 4 is 0 Å². The fourth-order valence-electron chi connectivity index (χ4n) is 5.70. The summed E-state index contributed by atoms with van der Waals surface area (Å²) < 4.78 is 10.7. The third kappa shape index (κ3) is 2.72. The second-order valence-corrected chi connectivity index (χ2v) is 8.01. The van der Waals surface area contributed by atoms with Crippen molar-refractivity contribution in [3.05, 3.63) is 23.8 Å². The van der Waals surface area contributed by atoms with Crippen LogP contribution in [0, 0.1) is 11.8 Å². The lowest BCUT2D eigenvalue weighted by atomic mass is 9.51. The standard InChI is InChI=1S/C19H27NO3/c1-22-16-4-3-13(6-17(16)23-2)11-20-18-7-14-5-15(8-18)10-19(21,9-14)12-18/h3-4,6,14-15,20-21H,5,7-12H2,1-2H3. The minimum Gasteiger partial charge on any atom is -0.493 e. The maximum atomic E-state index is 10.8. The molecule has 4 nitrogen and oxygen atoms in total. The Balaban J connectivity index is 1.49. The van der Waals surface area contributed by atoms with Crippen LogP contribution in [0.1, 0.15) is 44.1 Å². The minimum absolute atomic E-state index is 0.131. The average molecular weight is 317 g/mol. The molecule has 23 heavy (non-hydrogen) atoms. The Morgan fingerprint density at radius 1 is 1.09 bits per heavy atom. The first-order chi connectivity index (χ1) is 11.0. The van der Waals surface area contributed by atoms with Gasteiger partial charge in [-0.15, -0.1) is 0 Å². The van der Waals surface area contributed by atoms with Crippen molar-refractivity contribution in [2.45, 2.75) is 56.2 Å². The topological polar surface area (TPSA) is 50.7 Å². The van der Waals surface area contributed by atoms with Crippen LogP contribution in [0.2, 0.25) is 0 Å². The molecule has 4 aliphatic rings. The van der Waals surface area contributed by atoms with Crippen LogP contribution in [-0.4, -0.2) is 30.5 Å². The van der Waals surface area contributed by atoms with Gasteiger partial charge in [-0.25, -0.2) is 0 Å². The molecule has 2 atom stereocenters. The first kappa shape index (κ1) is 15.3. The van der Waals surface area contributed by atoms with Crippen LogP contribution in [0.5, 0.6) is 11.5 Å². The van der Waals surface area contributed by atoms with Crippen molar-refractivity contribution in [3.8, 4) is 11.5 Å². The smallest absolute Gasteiger partial charge is 0.161 e. The number of nitrogens with one attached hydrogen (secondary N) is 1. The zero-order valence-corrected chi connectivity index (χ0v) is 14.1. The Kier molecular flexibility index (Phi) is 3.58. The number of ether oxygens (including phenoxy) is 2. The summed E-state index contributed by atoms with van der Waals surface area (Å²) in [5, 5.41) is 14.6. The Hall–Kier alpha value is -1.26. The van der Waals surface area contributed by atoms with E-state index in [9.17, 15) is 5.11 Å². The summed E-state index contributed by atoms with van der Waals surface area (Å²) in [4.78, 5) is 0. The molecule has 0 amide bonds. The molecule has 126 valence electrons. The van der Waals surface area contributed by atoms with Gasteiger partial charge >= 0.3 is 0 Å². The first-order valence-corrected chi connectivity index (χ1v) is 8.71. The quantitative estimate of drug-likeness (QED) is 0.877. The number of hydrogen-bond acceptors (Lipinski definition) is 4. The van der Waals surface area contributed by atoms with Gasteiger partial charge in [0.15, 0.2) is 11.5 Å². The maximum absolute atomic E-state index is 10.8. The highest BCUT2D eigenvalue weighted by molar-refractivity contribution is 5.42. The fourth-order valence-corrected chi connectivity index (χ4v) is 5.70. The SMILES string of the molecule is COc1ccc(CNC23CC4CC(CC(O)(C4)C2)C3)cc1OC. The normalized spacial score (nSPS) is 37.9. The van der Waals surface area contributed by atoms with E-state index < -0.39 is 5.60 Å². The molecule has 0 spiro atoms. The Labute approximate surface area is 138 Å². The molecule has 4 aliphatic carbocycles. The lowest BCUT2D eigenvalue weighted by Gasteiger charge is -2.60. The second kappa shape index (κ2) is 5.38. The van der Waals surface area contributed by atoms with Crippen LogP contribution in [0.3, 0.4) is 0 Å². The van der Waals surface area contributed by atoms with Gasteiger partial charge in [0.2, 0.25) is 0 Å². The second-order valence-electron chi connectivity index (χ2n) is 8.01. The molecule has 1 aromatic carbocycles. The van der Waals surface area contributed by atoms with Gasteiger partial charge in [-0.1, -0.05) is 6.07 Å². The number of benzene rings is 1. The molecule has 2 N–H and O–H groups in total. The van der Waals surface area contributed by atoms with Crippen LogP contribution in [0.15, 0.2) is 18.2 Å². The van der Waals surface area contributed by atoms with Crippen molar-refractivity contribution in [2.24, 2.45) is 11.8 Å². The third-order valence-corrected chi connectivity index (χ3v) is 6.15. The summed E-state index contributed by atoms with van der Waals surface area (Å²) in [6, 6.07) is 6.09. The van der Waals surface area contributed by atoms with Gasteiger partial charge in [0.1, 0.15) is 0 Å². The molecule has 0 heterocycles. The number of aliphatic hydroxyl groups is 1. The van der Waals surface area contributed by atoms with Crippen LogP contribution in [0.4, 0.5) is 0 Å². The molecule has 1 aromatic rings. The Bertz CT molecular complexity index is 586. The van der Waals surface area contributed by atoms with Crippen molar-refractivity contribution in [3.63, 3.8) is 0 Å². The summed E-state index contributed by atoms with van der Waals surface area (Å²) in [5.74, 6) is 2.95. The zero-order chi connectivity index (χ0) is 16.1. The monoisotopic (exact) mass is 317 g/mol. The van der Waals surface area contributed by atoms with Crippen LogP contribution >= 0.6 is 0 Å². The first-order valence-electron chi connectivity index (χ1n) is 8.71. The summed E-state index contributed by atoms with van der Waals surface area (Å²) >= 11 is 0. The molecule has 0 saturated heterocycles. The number of rotatable bonds is 5. The van der Waals surface area contributed by atoms with E-state index in [2.05, 4.69) is 11.4 Å². The number of hydrogen-bond donors (Lipinski definition) is 2. The highest BCUT2D eigenvalue weighted by Crippen LogP contribution is 2.57. The van der Waals surface area contributed by atoms with Gasteiger partial charge in [0.25, 0.3) is 0 Å². The van der Waals surface area contributed by atoms with Crippen molar-refractivity contribution in [1.82, 2.24) is 5.32 Å². The summed E-state index contributed by atoms with van der Waals surface area (Å²) in [6.07, 6.45) is 6.72. The van der Waals surface area contributed by atoms with E-state index in [1.54, 1.807) is 14.2 Å². The van der Waals surface area contributed by atoms with Gasteiger partial charge in [-0.3, -0.25) is 0 Å². The lowest BCUT2D eigenvalue weighted by Crippen LogP contribution is -2.64. The van der Waals surface area contributed by atoms with E-state index in [-0.39, 0.29) is 5.54 Å². The summed E-state index contributed by atoms with van der Waals surface area (Å²) in [7, 11) is 3.33. The highest BCUT2D eigenvalue weighted by Gasteiger charge is 2.56. The molecule has 0 radical (unpaired) electrons. The lowest BCUT2D eigenvalue weighted by molar-refractivity contribution is -0.142. The van der Waals surface area contributed by atoms with Crippen molar-refractivity contribution < 1.29 is 14.6 Å². The maximum Gasteiger partial charge on any atom is 0.161 e. The highest BCUT2D eigenvalue weighted by atomic mass is 16.5. The molecule has 0 aliphatic heterocycles. The van der Waals surface area contributed by atoms with Crippen molar-refractivity contribution in [2.75, 3.05) is 14.2 Å². The third-order valence-electron chi connectivity index (χ3n) is 6.15. The van der Waals surface area contributed by atoms with Crippen LogP contribution in [0.25, 0.3) is 0 Å². The molecular formula is C19H27NO3. The average Bonchev–Trinajstić information content (AvgIpc) is 2.50. The molecule has 4 bridgehead atoms. The summed E-state index contributed by atoms with van der Waals surface area (Å²) in [6.45, 7) is 0.815. The van der Waals surface area contributed by atoms with Gasteiger partial charge in [-0.2, -0.15) is 0 Å². The fraction of sp³-hybridized carbons (Fsp3) is 0.684. The predicted octanol–water partition coefficient (Wildman–Crippen LogP) is 2.88. The van der Waals surface area contributed by atoms with E-state index >= 15 is 0 Å². The molecule has 4 saturated carbocycles. The number of methoxy groups -OCH3 is 2. The Morgan fingerprint density at radius 3 is 2.39 bits per heavy atom. The summed E-state index contributed by atoms with van der Waals surface area (Å²) in [5.41, 5.74) is 0.922. The molecule has 0 aromatic heterocycles. The van der Waals surface area contributed by atoms with Crippen LogP contribution in [-0.2, 0) is 6.54 Å². The van der Waals surface area contributed by atoms with Gasteiger partial charge < -0.3 is 19.9 Å². The van der Waals surface area contributed by atoms with Gasteiger partial charge in [0, 0.05) is 12.1 Å². The van der Waals surface area contributed by atoms with E-state index in [0.717, 1.165) is 37.3 Å². The van der Waals surface area contributed by atoms with E-state index in [0.29, 0.717) is 11.8 Å².